The number of carbonyl (C=O) groups is 1. The molecule has 8 heteroatoms. The molecule has 0 radical (unpaired) electrons. The van der Waals surface area contributed by atoms with Crippen LogP contribution in [0.5, 0.6) is 11.5 Å². The summed E-state index contributed by atoms with van der Waals surface area (Å²) in [7, 11) is 3.41. The highest BCUT2D eigenvalue weighted by Gasteiger charge is 2.30. The number of aliphatic imine (C=N–C) groups is 1. The van der Waals surface area contributed by atoms with Gasteiger partial charge in [-0.1, -0.05) is 19.9 Å². The van der Waals surface area contributed by atoms with Crippen molar-refractivity contribution >= 4 is 35.8 Å². The molecule has 1 fully saturated rings. The van der Waals surface area contributed by atoms with Crippen molar-refractivity contribution in [1.29, 1.82) is 0 Å². The van der Waals surface area contributed by atoms with Gasteiger partial charge in [0.2, 0.25) is 0 Å². The van der Waals surface area contributed by atoms with Gasteiger partial charge in [-0.05, 0) is 36.5 Å². The average molecular weight is 504 g/mol. The molecule has 1 saturated heterocycles. The lowest BCUT2D eigenvalue weighted by molar-refractivity contribution is -0.123. The van der Waals surface area contributed by atoms with Crippen LogP contribution in [-0.4, -0.2) is 57.2 Å². The SMILES string of the molecule is CCNC(=O)COc1ccc(CNC(=NC)N2CCC(C)(C)C2)cc1OC.I. The molecule has 0 aliphatic carbocycles. The molecule has 7 nitrogen and oxygen atoms in total. The Morgan fingerprint density at radius 1 is 1.29 bits per heavy atom. The van der Waals surface area contributed by atoms with E-state index in [-0.39, 0.29) is 36.5 Å². The number of ether oxygens (including phenoxy) is 2. The van der Waals surface area contributed by atoms with Crippen molar-refractivity contribution in [1.82, 2.24) is 15.5 Å². The second-order valence-electron chi connectivity index (χ2n) is 7.46. The monoisotopic (exact) mass is 504 g/mol. The fourth-order valence-corrected chi connectivity index (χ4v) is 3.14. The zero-order valence-corrected chi connectivity index (χ0v) is 19.8. The maximum atomic E-state index is 11.6. The minimum atomic E-state index is -0.150. The molecule has 1 amide bonds. The minimum absolute atomic E-state index is 0. The van der Waals surface area contributed by atoms with Crippen LogP contribution in [0, 0.1) is 5.41 Å². The second kappa shape index (κ2) is 11.3. The summed E-state index contributed by atoms with van der Waals surface area (Å²) in [4.78, 5) is 18.3. The molecule has 1 aromatic carbocycles. The molecule has 28 heavy (non-hydrogen) atoms. The van der Waals surface area contributed by atoms with Gasteiger partial charge in [-0.15, -0.1) is 24.0 Å². The quantitative estimate of drug-likeness (QED) is 0.340. The number of hydrogen-bond acceptors (Lipinski definition) is 4. The van der Waals surface area contributed by atoms with Crippen LogP contribution in [0.15, 0.2) is 23.2 Å². The van der Waals surface area contributed by atoms with Gasteiger partial charge >= 0.3 is 0 Å². The molecule has 0 saturated carbocycles. The van der Waals surface area contributed by atoms with Crippen molar-refractivity contribution in [3.8, 4) is 11.5 Å². The van der Waals surface area contributed by atoms with E-state index in [1.807, 2.05) is 32.2 Å². The van der Waals surface area contributed by atoms with E-state index in [2.05, 4.69) is 34.4 Å². The molecule has 1 aliphatic heterocycles. The van der Waals surface area contributed by atoms with E-state index in [4.69, 9.17) is 9.47 Å². The van der Waals surface area contributed by atoms with Gasteiger partial charge in [0.05, 0.1) is 7.11 Å². The molecule has 0 atom stereocenters. The Hall–Kier alpha value is -1.71. The van der Waals surface area contributed by atoms with Gasteiger partial charge in [0.25, 0.3) is 5.91 Å². The van der Waals surface area contributed by atoms with Gasteiger partial charge in [0.15, 0.2) is 24.1 Å². The van der Waals surface area contributed by atoms with Crippen molar-refractivity contribution in [3.63, 3.8) is 0 Å². The third-order valence-corrected chi connectivity index (χ3v) is 4.60. The maximum Gasteiger partial charge on any atom is 0.257 e. The Balaban J connectivity index is 0.00000392. The molecule has 1 aromatic rings. The van der Waals surface area contributed by atoms with Crippen LogP contribution in [0.1, 0.15) is 32.8 Å². The molecule has 0 aromatic heterocycles. The third-order valence-electron chi connectivity index (χ3n) is 4.60. The zero-order chi connectivity index (χ0) is 19.9. The Morgan fingerprint density at radius 2 is 2.04 bits per heavy atom. The first kappa shape index (κ1) is 24.3. The lowest BCUT2D eigenvalue weighted by Crippen LogP contribution is -2.40. The number of benzene rings is 1. The van der Waals surface area contributed by atoms with Crippen LogP contribution in [0.4, 0.5) is 0 Å². The summed E-state index contributed by atoms with van der Waals surface area (Å²) in [5.74, 6) is 1.92. The van der Waals surface area contributed by atoms with E-state index in [1.54, 1.807) is 7.11 Å². The highest BCUT2D eigenvalue weighted by atomic mass is 127. The summed E-state index contributed by atoms with van der Waals surface area (Å²) >= 11 is 0. The standard InChI is InChI=1S/C20H32N4O3.HI/c1-6-22-18(25)13-27-16-8-7-15(11-17(16)26-5)12-23-19(21-4)24-10-9-20(2,3)14-24;/h7-8,11H,6,9-10,12-14H2,1-5H3,(H,21,23)(H,22,25);1H. The number of rotatable bonds is 7. The first-order valence-corrected chi connectivity index (χ1v) is 9.40. The second-order valence-corrected chi connectivity index (χ2v) is 7.46. The number of carbonyl (C=O) groups excluding carboxylic acids is 1. The van der Waals surface area contributed by atoms with Crippen molar-refractivity contribution in [3.05, 3.63) is 23.8 Å². The Bertz CT molecular complexity index is 679. The van der Waals surface area contributed by atoms with Crippen LogP contribution < -0.4 is 20.1 Å². The molecule has 1 aliphatic rings. The predicted molar refractivity (Wildman–Crippen MR) is 123 cm³/mol. The fourth-order valence-electron chi connectivity index (χ4n) is 3.14. The Kier molecular flexibility index (Phi) is 9.84. The van der Waals surface area contributed by atoms with Crippen molar-refractivity contribution in [2.45, 2.75) is 33.7 Å². The number of amides is 1. The predicted octanol–water partition coefficient (Wildman–Crippen LogP) is 2.64. The highest BCUT2D eigenvalue weighted by Crippen LogP contribution is 2.29. The number of guanidine groups is 1. The number of nitrogens with one attached hydrogen (secondary N) is 2. The number of methoxy groups -OCH3 is 1. The highest BCUT2D eigenvalue weighted by molar-refractivity contribution is 14.0. The van der Waals surface area contributed by atoms with Gasteiger partial charge in [0, 0.05) is 33.2 Å². The zero-order valence-electron chi connectivity index (χ0n) is 17.5. The smallest absolute Gasteiger partial charge is 0.257 e. The lowest BCUT2D eigenvalue weighted by atomic mass is 9.93. The Labute approximate surface area is 185 Å². The number of hydrogen-bond donors (Lipinski definition) is 2. The van der Waals surface area contributed by atoms with E-state index in [1.165, 1.54) is 6.42 Å². The molecular weight excluding hydrogens is 471 g/mol. The maximum absolute atomic E-state index is 11.6. The van der Waals surface area contributed by atoms with Gasteiger partial charge in [-0.2, -0.15) is 0 Å². The molecular formula is C20H33IN4O3. The molecule has 1 heterocycles. The van der Waals surface area contributed by atoms with Crippen molar-refractivity contribution in [2.24, 2.45) is 10.4 Å². The van der Waals surface area contributed by atoms with Gasteiger partial charge in [-0.3, -0.25) is 9.79 Å². The number of halogens is 1. The number of likely N-dealkylation sites (tertiary alicyclic amines) is 1. The summed E-state index contributed by atoms with van der Waals surface area (Å²) in [6, 6.07) is 5.71. The fraction of sp³-hybridized carbons (Fsp3) is 0.600. The molecule has 2 rings (SSSR count). The van der Waals surface area contributed by atoms with Crippen LogP contribution in [0.25, 0.3) is 0 Å². The molecule has 158 valence electrons. The average Bonchev–Trinajstić information content (AvgIpc) is 3.00. The van der Waals surface area contributed by atoms with E-state index in [9.17, 15) is 4.79 Å². The van der Waals surface area contributed by atoms with E-state index in [0.29, 0.717) is 30.0 Å². The minimum Gasteiger partial charge on any atom is -0.493 e. The van der Waals surface area contributed by atoms with Crippen molar-refractivity contribution < 1.29 is 14.3 Å². The van der Waals surface area contributed by atoms with Crippen LogP contribution in [-0.2, 0) is 11.3 Å². The largest absolute Gasteiger partial charge is 0.493 e. The van der Waals surface area contributed by atoms with Crippen molar-refractivity contribution in [2.75, 3.05) is 40.4 Å². The normalized spacial score (nSPS) is 15.6. The van der Waals surface area contributed by atoms with Crippen LogP contribution in [0.3, 0.4) is 0 Å². The lowest BCUT2D eigenvalue weighted by Gasteiger charge is -2.23. The van der Waals surface area contributed by atoms with Gasteiger partial charge in [-0.25, -0.2) is 0 Å². The van der Waals surface area contributed by atoms with E-state index < -0.39 is 0 Å². The van der Waals surface area contributed by atoms with Crippen LogP contribution >= 0.6 is 24.0 Å². The molecule has 2 N–H and O–H groups in total. The molecule has 0 unspecified atom stereocenters. The summed E-state index contributed by atoms with van der Waals surface area (Å²) in [5.41, 5.74) is 1.38. The summed E-state index contributed by atoms with van der Waals surface area (Å²) in [6.45, 7) is 9.65. The van der Waals surface area contributed by atoms with E-state index >= 15 is 0 Å². The number of likely N-dealkylation sites (N-methyl/N-ethyl adjacent to an activating group) is 1. The Morgan fingerprint density at radius 3 is 2.61 bits per heavy atom. The summed E-state index contributed by atoms with van der Waals surface area (Å²) < 4.78 is 11.0. The van der Waals surface area contributed by atoms with Crippen LogP contribution in [0.2, 0.25) is 0 Å². The topological polar surface area (TPSA) is 75.2 Å². The molecule has 0 spiro atoms. The van der Waals surface area contributed by atoms with Gasteiger partial charge < -0.3 is 25.0 Å². The number of nitrogens with zero attached hydrogens (tertiary/aromatic N) is 2. The summed E-state index contributed by atoms with van der Waals surface area (Å²) in [6.07, 6.45) is 1.17. The third kappa shape index (κ3) is 7.03. The molecule has 0 bridgehead atoms. The summed E-state index contributed by atoms with van der Waals surface area (Å²) in [5, 5.41) is 6.12. The first-order valence-electron chi connectivity index (χ1n) is 9.40. The first-order chi connectivity index (χ1) is 12.9. The van der Waals surface area contributed by atoms with E-state index in [0.717, 1.165) is 24.6 Å². The van der Waals surface area contributed by atoms with Gasteiger partial charge in [0.1, 0.15) is 0 Å².